The topological polar surface area (TPSA) is 24.1 Å². The molecule has 3 atom stereocenters. The molecule has 0 heterocycles. The Balaban J connectivity index is 2.72. The summed E-state index contributed by atoms with van der Waals surface area (Å²) in [5.41, 5.74) is 5.00. The fraction of sp³-hybridized carbons (Fsp3) is 0.583. The van der Waals surface area contributed by atoms with Gasteiger partial charge in [-0.3, -0.25) is 0 Å². The second-order valence-electron chi connectivity index (χ2n) is 7.87. The molecule has 0 radical (unpaired) electrons. The Bertz CT molecular complexity index is 551. The maximum atomic E-state index is 4.35. The Labute approximate surface area is 162 Å². The highest BCUT2D eigenvalue weighted by Crippen LogP contribution is 2.28. The molecule has 0 saturated carbocycles. The number of nitrogens with one attached hydrogen (secondary N) is 2. The van der Waals surface area contributed by atoms with Crippen LogP contribution in [0.15, 0.2) is 60.5 Å². The standard InChI is InChI=1S/C24H40N2/c1-9-13-21-14-12-15-24(23(21)11-3)26-20(8)18(6)16-22(10-2)25-19(7)17(4)5/h9,11,13,17-18,22,24-26H,3,7-8,10,12,14-16H2,1-2,4-6H3/b13-9-. The van der Waals surface area contributed by atoms with Crippen molar-refractivity contribution < 1.29 is 0 Å². The quantitative estimate of drug-likeness (QED) is 0.456. The summed E-state index contributed by atoms with van der Waals surface area (Å²) in [4.78, 5) is 0. The molecule has 0 bridgehead atoms. The lowest BCUT2D eigenvalue weighted by Crippen LogP contribution is -2.36. The monoisotopic (exact) mass is 356 g/mol. The molecule has 0 saturated heterocycles. The van der Waals surface area contributed by atoms with E-state index in [0.29, 0.717) is 23.9 Å². The Morgan fingerprint density at radius 2 is 1.92 bits per heavy atom. The first kappa shape index (κ1) is 22.3. The smallest absolute Gasteiger partial charge is 0.0513 e. The minimum atomic E-state index is 0.334. The van der Waals surface area contributed by atoms with Gasteiger partial charge >= 0.3 is 0 Å². The van der Waals surface area contributed by atoms with Gasteiger partial charge in [0.15, 0.2) is 0 Å². The van der Waals surface area contributed by atoms with E-state index < -0.39 is 0 Å². The molecule has 0 aromatic carbocycles. The van der Waals surface area contributed by atoms with Gasteiger partial charge in [0, 0.05) is 17.4 Å². The van der Waals surface area contributed by atoms with Crippen LogP contribution < -0.4 is 10.6 Å². The van der Waals surface area contributed by atoms with Gasteiger partial charge in [-0.05, 0) is 62.0 Å². The van der Waals surface area contributed by atoms with Crippen molar-refractivity contribution in [1.82, 2.24) is 10.6 Å². The third kappa shape index (κ3) is 6.55. The predicted octanol–water partition coefficient (Wildman–Crippen LogP) is 6.27. The van der Waals surface area contributed by atoms with Crippen LogP contribution in [0.3, 0.4) is 0 Å². The fourth-order valence-corrected chi connectivity index (χ4v) is 3.52. The summed E-state index contributed by atoms with van der Waals surface area (Å²) in [6.07, 6.45) is 12.0. The van der Waals surface area contributed by atoms with Crippen LogP contribution in [0.25, 0.3) is 0 Å². The molecule has 26 heavy (non-hydrogen) atoms. The van der Waals surface area contributed by atoms with Crippen LogP contribution in [0.5, 0.6) is 0 Å². The van der Waals surface area contributed by atoms with E-state index in [2.05, 4.69) is 77.1 Å². The SMILES string of the molecule is C=CC1=C(/C=C\C)CCCC1NC(=C)C(C)CC(CC)NC(=C)C(C)C. The number of allylic oxidation sites excluding steroid dienone is 5. The maximum Gasteiger partial charge on any atom is 0.0513 e. The normalized spacial score (nSPS) is 20.2. The Morgan fingerprint density at radius 3 is 2.46 bits per heavy atom. The van der Waals surface area contributed by atoms with Gasteiger partial charge in [-0.15, -0.1) is 0 Å². The highest BCUT2D eigenvalue weighted by Gasteiger charge is 2.22. The molecule has 0 aliphatic heterocycles. The highest BCUT2D eigenvalue weighted by molar-refractivity contribution is 5.38. The second-order valence-corrected chi connectivity index (χ2v) is 7.87. The molecule has 2 heteroatoms. The molecule has 1 aliphatic rings. The summed E-state index contributed by atoms with van der Waals surface area (Å²) in [6.45, 7) is 23.5. The van der Waals surface area contributed by atoms with Crippen LogP contribution in [0.1, 0.15) is 66.7 Å². The molecule has 3 unspecified atom stereocenters. The summed E-state index contributed by atoms with van der Waals surface area (Å²) in [5, 5.41) is 7.31. The molecule has 0 amide bonds. The number of rotatable bonds is 11. The van der Waals surface area contributed by atoms with Crippen molar-refractivity contribution in [2.75, 3.05) is 0 Å². The molecular formula is C24H40N2. The Hall–Kier alpha value is -1.70. The zero-order chi connectivity index (χ0) is 19.7. The van der Waals surface area contributed by atoms with Crippen LogP contribution in [0, 0.1) is 11.8 Å². The largest absolute Gasteiger partial charge is 0.386 e. The van der Waals surface area contributed by atoms with Crippen molar-refractivity contribution in [1.29, 1.82) is 0 Å². The minimum absolute atomic E-state index is 0.334. The van der Waals surface area contributed by atoms with Gasteiger partial charge in [0.25, 0.3) is 0 Å². The molecule has 2 nitrogen and oxygen atoms in total. The van der Waals surface area contributed by atoms with Gasteiger partial charge in [-0.1, -0.05) is 65.7 Å². The van der Waals surface area contributed by atoms with Crippen LogP contribution in [0.2, 0.25) is 0 Å². The van der Waals surface area contributed by atoms with Gasteiger partial charge in [0.05, 0.1) is 6.04 Å². The molecular weight excluding hydrogens is 316 g/mol. The van der Waals surface area contributed by atoms with Crippen molar-refractivity contribution in [2.24, 2.45) is 11.8 Å². The van der Waals surface area contributed by atoms with Crippen LogP contribution in [-0.4, -0.2) is 12.1 Å². The van der Waals surface area contributed by atoms with E-state index in [-0.39, 0.29) is 0 Å². The van der Waals surface area contributed by atoms with E-state index in [0.717, 1.165) is 37.1 Å². The molecule has 0 fully saturated rings. The van der Waals surface area contributed by atoms with Crippen molar-refractivity contribution in [3.05, 3.63) is 60.5 Å². The molecule has 0 aromatic rings. The summed E-state index contributed by atoms with van der Waals surface area (Å²) < 4.78 is 0. The van der Waals surface area contributed by atoms with Crippen molar-refractivity contribution in [3.8, 4) is 0 Å². The summed E-state index contributed by atoms with van der Waals surface area (Å²) >= 11 is 0. The zero-order valence-corrected chi connectivity index (χ0v) is 17.7. The first-order valence-corrected chi connectivity index (χ1v) is 10.2. The average Bonchev–Trinajstić information content (AvgIpc) is 2.61. The highest BCUT2D eigenvalue weighted by atomic mass is 15.0. The molecule has 1 rings (SSSR count). The summed E-state index contributed by atoms with van der Waals surface area (Å²) in [7, 11) is 0. The molecule has 0 aromatic heterocycles. The van der Waals surface area contributed by atoms with E-state index in [1.807, 2.05) is 6.08 Å². The van der Waals surface area contributed by atoms with Crippen LogP contribution in [-0.2, 0) is 0 Å². The van der Waals surface area contributed by atoms with Crippen molar-refractivity contribution >= 4 is 0 Å². The predicted molar refractivity (Wildman–Crippen MR) is 117 cm³/mol. The zero-order valence-electron chi connectivity index (χ0n) is 17.7. The second kappa shape index (κ2) is 11.1. The molecule has 0 spiro atoms. The lowest BCUT2D eigenvalue weighted by Gasteiger charge is -2.31. The summed E-state index contributed by atoms with van der Waals surface area (Å²) in [5.74, 6) is 0.874. The van der Waals surface area contributed by atoms with Crippen molar-refractivity contribution in [3.63, 3.8) is 0 Å². The first-order valence-electron chi connectivity index (χ1n) is 10.2. The molecule has 146 valence electrons. The van der Waals surface area contributed by atoms with E-state index in [9.17, 15) is 0 Å². The van der Waals surface area contributed by atoms with Crippen LogP contribution in [0.4, 0.5) is 0 Å². The Morgan fingerprint density at radius 1 is 1.23 bits per heavy atom. The maximum absolute atomic E-state index is 4.35. The summed E-state index contributed by atoms with van der Waals surface area (Å²) in [6, 6.07) is 0.777. The van der Waals surface area contributed by atoms with Gasteiger partial charge in [-0.2, -0.15) is 0 Å². The van der Waals surface area contributed by atoms with Gasteiger partial charge in [0.1, 0.15) is 0 Å². The molecule has 2 N–H and O–H groups in total. The van der Waals surface area contributed by atoms with E-state index >= 15 is 0 Å². The van der Waals surface area contributed by atoms with E-state index in [1.165, 1.54) is 17.6 Å². The van der Waals surface area contributed by atoms with E-state index in [1.54, 1.807) is 0 Å². The third-order valence-electron chi connectivity index (χ3n) is 5.44. The third-order valence-corrected chi connectivity index (χ3v) is 5.44. The van der Waals surface area contributed by atoms with Gasteiger partial charge < -0.3 is 10.6 Å². The van der Waals surface area contributed by atoms with Gasteiger partial charge in [-0.25, -0.2) is 0 Å². The number of hydrogen-bond donors (Lipinski definition) is 2. The van der Waals surface area contributed by atoms with Crippen molar-refractivity contribution in [2.45, 2.75) is 78.8 Å². The Kier molecular flexibility index (Phi) is 9.54. The lowest BCUT2D eigenvalue weighted by molar-refractivity contribution is 0.411. The average molecular weight is 357 g/mol. The van der Waals surface area contributed by atoms with Gasteiger partial charge in [0.2, 0.25) is 0 Å². The first-order chi connectivity index (χ1) is 12.3. The number of hydrogen-bond acceptors (Lipinski definition) is 2. The minimum Gasteiger partial charge on any atom is -0.386 e. The van der Waals surface area contributed by atoms with Crippen LogP contribution >= 0.6 is 0 Å². The van der Waals surface area contributed by atoms with E-state index in [4.69, 9.17) is 0 Å². The molecule has 1 aliphatic carbocycles. The lowest BCUT2D eigenvalue weighted by atomic mass is 9.86. The fourth-order valence-electron chi connectivity index (χ4n) is 3.52.